The summed E-state index contributed by atoms with van der Waals surface area (Å²) in [6, 6.07) is 0. The predicted octanol–water partition coefficient (Wildman–Crippen LogP) is -5.86. The van der Waals surface area contributed by atoms with E-state index in [1.807, 2.05) is 0 Å². The minimum atomic E-state index is 0. The van der Waals surface area contributed by atoms with Gasteiger partial charge >= 0.3 is 17.4 Å². The summed E-state index contributed by atoms with van der Waals surface area (Å²) < 4.78 is 0. The van der Waals surface area contributed by atoms with Crippen molar-refractivity contribution in [3.63, 3.8) is 0 Å². The average Bonchev–Trinajstić information content (AvgIpc) is 0. The van der Waals surface area contributed by atoms with Crippen molar-refractivity contribution in [1.82, 2.24) is 0 Å². The first kappa shape index (κ1) is 28800. The van der Waals surface area contributed by atoms with E-state index in [1.165, 1.54) is 0 Å². The minimum absolute atomic E-state index is 0. The molecule has 0 unspecified atom stereocenters. The Bertz CT molecular complexity index is 4.69. The summed E-state index contributed by atoms with van der Waals surface area (Å²) in [5.41, 5.74) is 0. The summed E-state index contributed by atoms with van der Waals surface area (Å²) in [6.45, 7) is 0. The van der Waals surface area contributed by atoms with Gasteiger partial charge in [-0.05, 0) is 0 Å². The summed E-state index contributed by atoms with van der Waals surface area (Å²) in [4.78, 5) is 0. The van der Waals surface area contributed by atoms with Crippen LogP contribution >= 0.6 is 0 Å². The van der Waals surface area contributed by atoms with Gasteiger partial charge in [0.05, 0.1) is 0 Å². The second-order valence-electron chi connectivity index (χ2n) is 0. The zero-order valence-corrected chi connectivity index (χ0v) is 6.07. The fourth-order valence-corrected chi connectivity index (χ4v) is 0. The maximum atomic E-state index is 0. The van der Waals surface area contributed by atoms with E-state index in [1.54, 1.807) is 0 Å². The van der Waals surface area contributed by atoms with Crippen LogP contribution in [0, 0.1) is 0 Å². The largest absolute Gasteiger partial charge is 3.00 e. The van der Waals surface area contributed by atoms with Gasteiger partial charge in [0.15, 0.2) is 0 Å². The fourth-order valence-electron chi connectivity index (χ4n) is 0. The summed E-state index contributed by atoms with van der Waals surface area (Å²) in [6.07, 6.45) is 0. The van der Waals surface area contributed by atoms with Gasteiger partial charge in [0.1, 0.15) is 0 Å². The van der Waals surface area contributed by atoms with Gasteiger partial charge in [-0.1, -0.05) is 0 Å². The molecule has 0 aliphatic carbocycles. The summed E-state index contributed by atoms with van der Waals surface area (Å²) in [7, 11) is 0. The third kappa shape index (κ3) is 14100. The van der Waals surface area contributed by atoms with E-state index in [2.05, 4.69) is 0 Å². The van der Waals surface area contributed by atoms with Crippen molar-refractivity contribution in [3.05, 3.63) is 0 Å². The topological polar surface area (TPSA) is 279 Å². The smallest absolute Gasteiger partial charge is 0.870 e. The van der Waals surface area contributed by atoms with E-state index in [-0.39, 0.29) is 66.6 Å². The van der Waals surface area contributed by atoms with Gasteiger partial charge in [-0.3, -0.25) is 0 Å². The van der Waals surface area contributed by atoms with Gasteiger partial charge in [0, 0.05) is 0 Å². The van der Waals surface area contributed by atoms with E-state index >= 15 is 0 Å². The number of rotatable bonds is 0. The van der Waals surface area contributed by atoms with Crippen molar-refractivity contribution in [2.75, 3.05) is 0 Å². The van der Waals surface area contributed by atoms with Crippen molar-refractivity contribution in [2.24, 2.45) is 0 Å². The molecular formula is H15AlO9. The molecule has 0 fully saturated rings. The first-order valence-electron chi connectivity index (χ1n) is 0. The molecule has 72 valence electrons. The Morgan fingerprint density at radius 2 is 0.300 bits per heavy atom. The third-order valence-electron chi connectivity index (χ3n) is 0. The molecule has 0 aliphatic heterocycles. The van der Waals surface area contributed by atoms with Crippen LogP contribution in [0.15, 0.2) is 0 Å². The molecule has 10 heavy (non-hydrogen) atoms. The molecule has 0 atom stereocenters. The standard InChI is InChI=1S/Al.9H2O/h;9*1H2/q+3;;;;;;;;;/p-3. The first-order valence-corrected chi connectivity index (χ1v) is 0. The monoisotopic (exact) mass is 186 g/mol. The Balaban J connectivity index is 0. The molecule has 15 N–H and O–H groups in total. The van der Waals surface area contributed by atoms with Gasteiger partial charge in [-0.25, -0.2) is 0 Å². The van der Waals surface area contributed by atoms with Crippen LogP contribution in [0.25, 0.3) is 0 Å². The van der Waals surface area contributed by atoms with Crippen LogP contribution < -0.4 is 0 Å². The molecule has 0 aromatic carbocycles. The van der Waals surface area contributed by atoms with Crippen LogP contribution in [-0.4, -0.2) is 66.6 Å². The summed E-state index contributed by atoms with van der Waals surface area (Å²) in [5, 5.41) is 0. The molecule has 0 aromatic heterocycles. The van der Waals surface area contributed by atoms with Crippen LogP contribution in [0.2, 0.25) is 0 Å². The maximum absolute atomic E-state index is 0. The molecule has 0 rings (SSSR count). The Labute approximate surface area is 67.6 Å². The molecule has 0 bridgehead atoms. The Morgan fingerprint density at radius 3 is 0.300 bits per heavy atom. The SMILES string of the molecule is O.O.O.O.O.O.[Al+3].[OH-].[OH-].[OH-]. The molecule has 0 aromatic rings. The second kappa shape index (κ2) is 20600. The van der Waals surface area contributed by atoms with E-state index < -0.39 is 0 Å². The van der Waals surface area contributed by atoms with E-state index in [9.17, 15) is 0 Å². The van der Waals surface area contributed by atoms with Gasteiger partial charge in [0.25, 0.3) is 0 Å². The summed E-state index contributed by atoms with van der Waals surface area (Å²) >= 11 is 0. The van der Waals surface area contributed by atoms with E-state index in [0.717, 1.165) is 0 Å². The maximum Gasteiger partial charge on any atom is 3.00 e. The molecule has 0 spiro atoms. The Hall–Kier alpha value is 0.172. The molecule has 9 nitrogen and oxygen atoms in total. The normalized spacial score (nSPS) is 0. The van der Waals surface area contributed by atoms with E-state index in [0.29, 0.717) is 0 Å². The first-order chi connectivity index (χ1) is 0. The van der Waals surface area contributed by atoms with Crippen molar-refractivity contribution < 1.29 is 49.3 Å². The van der Waals surface area contributed by atoms with Crippen LogP contribution in [0.1, 0.15) is 0 Å². The Kier molecular flexibility index (Phi) is 59300000. The molecule has 0 radical (unpaired) electrons. The number of hydrogen-bond acceptors (Lipinski definition) is 3. The average molecular weight is 186 g/mol. The molecule has 0 saturated heterocycles. The van der Waals surface area contributed by atoms with Crippen LogP contribution in [0.3, 0.4) is 0 Å². The second-order valence-corrected chi connectivity index (χ2v) is 0. The quantitative estimate of drug-likeness (QED) is 0.334. The molecule has 10 heteroatoms. The van der Waals surface area contributed by atoms with Crippen LogP contribution in [0.4, 0.5) is 0 Å². The van der Waals surface area contributed by atoms with Crippen LogP contribution in [-0.2, 0) is 0 Å². The zero-order valence-electron chi connectivity index (χ0n) is 4.92. The fraction of sp³-hybridized carbons (Fsp3) is 0. The predicted molar refractivity (Wildman–Crippen MR) is 33.2 cm³/mol. The molecule has 0 aliphatic rings. The van der Waals surface area contributed by atoms with Crippen molar-refractivity contribution in [3.8, 4) is 0 Å². The molecule has 0 heterocycles. The molecule has 0 amide bonds. The van der Waals surface area contributed by atoms with Crippen molar-refractivity contribution >= 4 is 17.4 Å². The summed E-state index contributed by atoms with van der Waals surface area (Å²) in [5.74, 6) is 0. The minimum Gasteiger partial charge on any atom is -0.870 e. The Morgan fingerprint density at radius 1 is 0.300 bits per heavy atom. The van der Waals surface area contributed by atoms with Crippen molar-refractivity contribution in [2.45, 2.75) is 0 Å². The van der Waals surface area contributed by atoms with Gasteiger partial charge in [-0.15, -0.1) is 0 Å². The molecular weight excluding hydrogens is 171 g/mol. The van der Waals surface area contributed by atoms with Crippen molar-refractivity contribution in [1.29, 1.82) is 0 Å². The zero-order chi connectivity index (χ0) is 0. The van der Waals surface area contributed by atoms with E-state index in [4.69, 9.17) is 0 Å². The molecule has 0 saturated carbocycles. The van der Waals surface area contributed by atoms with Crippen LogP contribution in [0.5, 0.6) is 0 Å². The van der Waals surface area contributed by atoms with Gasteiger partial charge in [0.2, 0.25) is 0 Å². The number of hydrogen-bond donors (Lipinski definition) is 0. The third-order valence-corrected chi connectivity index (χ3v) is 0. The van der Waals surface area contributed by atoms with Gasteiger partial charge < -0.3 is 49.3 Å². The van der Waals surface area contributed by atoms with Gasteiger partial charge in [-0.2, -0.15) is 0 Å².